The standard InChI is InChI=1S/C19H16N2O2/c20-14-19(13-17(22)15-7-3-1-4-8-15)11-12-23-18(19)21-16-9-5-2-6-10-16/h1-10H,11-13H2. The molecule has 1 aliphatic rings. The monoisotopic (exact) mass is 304 g/mol. The van der Waals surface area contributed by atoms with Gasteiger partial charge in [0.15, 0.2) is 5.78 Å². The van der Waals surface area contributed by atoms with Gasteiger partial charge in [0.25, 0.3) is 0 Å². The first-order valence-electron chi connectivity index (χ1n) is 7.50. The fourth-order valence-electron chi connectivity index (χ4n) is 2.63. The summed E-state index contributed by atoms with van der Waals surface area (Å²) in [6, 6.07) is 20.6. The summed E-state index contributed by atoms with van der Waals surface area (Å²) < 4.78 is 5.58. The lowest BCUT2D eigenvalue weighted by molar-refractivity contribution is 0.0959. The van der Waals surface area contributed by atoms with Gasteiger partial charge in [-0.3, -0.25) is 4.79 Å². The van der Waals surface area contributed by atoms with E-state index >= 15 is 0 Å². The molecule has 2 aromatic carbocycles. The third-order valence-corrected chi connectivity index (χ3v) is 3.94. The second-order valence-corrected chi connectivity index (χ2v) is 5.51. The van der Waals surface area contributed by atoms with Crippen LogP contribution >= 0.6 is 0 Å². The van der Waals surface area contributed by atoms with Crippen LogP contribution in [-0.4, -0.2) is 18.3 Å². The topological polar surface area (TPSA) is 62.5 Å². The average Bonchev–Trinajstić information content (AvgIpc) is 2.99. The van der Waals surface area contributed by atoms with Crippen molar-refractivity contribution < 1.29 is 9.53 Å². The van der Waals surface area contributed by atoms with Gasteiger partial charge in [0.05, 0.1) is 18.4 Å². The van der Waals surface area contributed by atoms with E-state index in [0.717, 1.165) is 5.69 Å². The van der Waals surface area contributed by atoms with E-state index in [0.29, 0.717) is 24.5 Å². The zero-order valence-corrected chi connectivity index (χ0v) is 12.6. The lowest BCUT2D eigenvalue weighted by Crippen LogP contribution is -2.28. The van der Waals surface area contributed by atoms with Crippen LogP contribution in [0.1, 0.15) is 23.2 Å². The molecule has 2 aromatic rings. The van der Waals surface area contributed by atoms with Crippen LogP contribution in [0.15, 0.2) is 65.7 Å². The van der Waals surface area contributed by atoms with Crippen LogP contribution in [0, 0.1) is 16.7 Å². The van der Waals surface area contributed by atoms with Crippen molar-refractivity contribution in [2.45, 2.75) is 12.8 Å². The second-order valence-electron chi connectivity index (χ2n) is 5.51. The number of nitrogens with zero attached hydrogens (tertiary/aromatic N) is 2. The Morgan fingerprint density at radius 2 is 1.78 bits per heavy atom. The molecule has 23 heavy (non-hydrogen) atoms. The molecule has 114 valence electrons. The van der Waals surface area contributed by atoms with Crippen molar-refractivity contribution in [1.82, 2.24) is 0 Å². The van der Waals surface area contributed by atoms with Gasteiger partial charge in [-0.2, -0.15) is 5.26 Å². The number of aliphatic imine (C=N–C) groups is 1. The molecule has 0 spiro atoms. The number of para-hydroxylation sites is 1. The predicted molar refractivity (Wildman–Crippen MR) is 87.5 cm³/mol. The van der Waals surface area contributed by atoms with Crippen molar-refractivity contribution in [2.24, 2.45) is 10.4 Å². The summed E-state index contributed by atoms with van der Waals surface area (Å²) in [5, 5.41) is 9.70. The Labute approximate surface area is 135 Å². The van der Waals surface area contributed by atoms with E-state index in [1.54, 1.807) is 12.1 Å². The molecule has 0 amide bonds. The Kier molecular flexibility index (Phi) is 4.20. The molecule has 0 aromatic heterocycles. The van der Waals surface area contributed by atoms with Gasteiger partial charge in [0.2, 0.25) is 5.90 Å². The van der Waals surface area contributed by atoms with Crippen LogP contribution in [-0.2, 0) is 4.74 Å². The summed E-state index contributed by atoms with van der Waals surface area (Å²) in [6.07, 6.45) is 0.562. The highest BCUT2D eigenvalue weighted by atomic mass is 16.5. The molecule has 1 aliphatic heterocycles. The van der Waals surface area contributed by atoms with Crippen LogP contribution in [0.2, 0.25) is 0 Å². The lowest BCUT2D eigenvalue weighted by atomic mass is 9.81. The lowest BCUT2D eigenvalue weighted by Gasteiger charge is -2.18. The van der Waals surface area contributed by atoms with Crippen molar-refractivity contribution in [3.8, 4) is 6.07 Å². The van der Waals surface area contributed by atoms with Gasteiger partial charge in [-0.15, -0.1) is 0 Å². The van der Waals surface area contributed by atoms with Crippen molar-refractivity contribution in [1.29, 1.82) is 5.26 Å². The van der Waals surface area contributed by atoms with Crippen LogP contribution < -0.4 is 0 Å². The minimum absolute atomic E-state index is 0.0709. The normalized spacial score (nSPS) is 21.6. The number of benzene rings is 2. The summed E-state index contributed by atoms with van der Waals surface area (Å²) in [4.78, 5) is 17.0. The fraction of sp³-hybridized carbons (Fsp3) is 0.211. The van der Waals surface area contributed by atoms with E-state index in [2.05, 4.69) is 11.1 Å². The van der Waals surface area contributed by atoms with E-state index in [1.165, 1.54) is 0 Å². The van der Waals surface area contributed by atoms with E-state index in [4.69, 9.17) is 4.74 Å². The number of carbonyl (C=O) groups excluding carboxylic acids is 1. The first-order chi connectivity index (χ1) is 11.2. The summed E-state index contributed by atoms with van der Waals surface area (Å²) in [5.74, 6) is 0.272. The maximum absolute atomic E-state index is 12.5. The number of ketones is 1. The smallest absolute Gasteiger partial charge is 0.210 e. The van der Waals surface area contributed by atoms with Crippen LogP contribution in [0.5, 0.6) is 0 Å². The highest BCUT2D eigenvalue weighted by molar-refractivity contribution is 6.01. The number of Topliss-reactive ketones (excluding diaryl/α,β-unsaturated/α-hetero) is 1. The molecule has 1 saturated heterocycles. The second kappa shape index (κ2) is 6.45. The van der Waals surface area contributed by atoms with E-state index in [9.17, 15) is 10.1 Å². The third-order valence-electron chi connectivity index (χ3n) is 3.94. The first-order valence-corrected chi connectivity index (χ1v) is 7.50. The minimum atomic E-state index is -0.983. The largest absolute Gasteiger partial charge is 0.479 e. The van der Waals surface area contributed by atoms with Gasteiger partial charge in [0.1, 0.15) is 5.41 Å². The molecule has 1 atom stereocenters. The third kappa shape index (κ3) is 3.14. The van der Waals surface area contributed by atoms with E-state index in [-0.39, 0.29) is 12.2 Å². The number of carbonyl (C=O) groups is 1. The number of hydrogen-bond donors (Lipinski definition) is 0. The van der Waals surface area contributed by atoms with Gasteiger partial charge in [-0.25, -0.2) is 4.99 Å². The molecule has 4 heteroatoms. The average molecular weight is 304 g/mol. The molecule has 0 saturated carbocycles. The number of ether oxygens (including phenoxy) is 1. The van der Waals surface area contributed by atoms with Gasteiger partial charge in [0, 0.05) is 18.4 Å². The quantitative estimate of drug-likeness (QED) is 0.804. The van der Waals surface area contributed by atoms with Gasteiger partial charge < -0.3 is 4.74 Å². The highest BCUT2D eigenvalue weighted by Crippen LogP contribution is 2.36. The Morgan fingerprint density at radius 3 is 2.43 bits per heavy atom. The highest BCUT2D eigenvalue weighted by Gasteiger charge is 2.44. The zero-order chi connectivity index (χ0) is 16.1. The molecule has 3 rings (SSSR count). The first kappa shape index (κ1) is 15.0. The van der Waals surface area contributed by atoms with Crippen LogP contribution in [0.4, 0.5) is 5.69 Å². The maximum Gasteiger partial charge on any atom is 0.210 e. The summed E-state index contributed by atoms with van der Waals surface area (Å²) in [7, 11) is 0. The van der Waals surface area contributed by atoms with E-state index in [1.807, 2.05) is 48.5 Å². The molecule has 0 aliphatic carbocycles. The van der Waals surface area contributed by atoms with Crippen molar-refractivity contribution >= 4 is 17.4 Å². The molecule has 1 heterocycles. The number of nitriles is 1. The molecule has 1 unspecified atom stereocenters. The van der Waals surface area contributed by atoms with Crippen LogP contribution in [0.3, 0.4) is 0 Å². The van der Waals surface area contributed by atoms with Gasteiger partial charge >= 0.3 is 0 Å². The summed E-state index contributed by atoms with van der Waals surface area (Å²) in [5.41, 5.74) is 0.340. The molecule has 1 fully saturated rings. The zero-order valence-electron chi connectivity index (χ0n) is 12.6. The Hall–Kier alpha value is -2.93. The van der Waals surface area contributed by atoms with Crippen molar-refractivity contribution in [3.63, 3.8) is 0 Å². The summed E-state index contributed by atoms with van der Waals surface area (Å²) in [6.45, 7) is 0.404. The summed E-state index contributed by atoms with van der Waals surface area (Å²) >= 11 is 0. The van der Waals surface area contributed by atoms with E-state index < -0.39 is 5.41 Å². The van der Waals surface area contributed by atoms with Gasteiger partial charge in [-0.1, -0.05) is 48.5 Å². The van der Waals surface area contributed by atoms with Crippen molar-refractivity contribution in [2.75, 3.05) is 6.61 Å². The Bertz CT molecular complexity index is 763. The SMILES string of the molecule is N#CC1(CC(=O)c2ccccc2)CCOC1=Nc1ccccc1. The Morgan fingerprint density at radius 1 is 1.13 bits per heavy atom. The molecule has 0 bridgehead atoms. The predicted octanol–water partition coefficient (Wildman–Crippen LogP) is 3.92. The molecular formula is C19H16N2O2. The molecule has 0 N–H and O–H groups in total. The molecular weight excluding hydrogens is 288 g/mol. The fourth-order valence-corrected chi connectivity index (χ4v) is 2.63. The molecule has 0 radical (unpaired) electrons. The number of hydrogen-bond acceptors (Lipinski definition) is 4. The Balaban J connectivity index is 1.89. The minimum Gasteiger partial charge on any atom is -0.479 e. The van der Waals surface area contributed by atoms with Crippen LogP contribution in [0.25, 0.3) is 0 Å². The number of rotatable bonds is 4. The molecule has 4 nitrogen and oxygen atoms in total. The van der Waals surface area contributed by atoms with Gasteiger partial charge in [-0.05, 0) is 12.1 Å². The maximum atomic E-state index is 12.5. The van der Waals surface area contributed by atoms with Crippen molar-refractivity contribution in [3.05, 3.63) is 66.2 Å².